The van der Waals surface area contributed by atoms with Crippen LogP contribution < -0.4 is 5.11 Å². The Labute approximate surface area is 86.6 Å². The van der Waals surface area contributed by atoms with E-state index in [0.29, 0.717) is 5.76 Å². The van der Waals surface area contributed by atoms with Crippen LogP contribution in [-0.4, -0.2) is 11.9 Å². The van der Waals surface area contributed by atoms with Gasteiger partial charge in [0.05, 0.1) is 6.26 Å². The fourth-order valence-corrected chi connectivity index (χ4v) is 0.996. The molecule has 5 nitrogen and oxygen atoms in total. The van der Waals surface area contributed by atoms with Gasteiger partial charge in [-0.1, -0.05) is 0 Å². The van der Waals surface area contributed by atoms with Crippen molar-refractivity contribution in [3.8, 4) is 0 Å². The van der Waals surface area contributed by atoms with E-state index < -0.39 is 11.9 Å². The lowest BCUT2D eigenvalue weighted by Crippen LogP contribution is -2.21. The van der Waals surface area contributed by atoms with Crippen molar-refractivity contribution in [2.24, 2.45) is 0 Å². The third kappa shape index (κ3) is 4.85. The topological polar surface area (TPSA) is 79.6 Å². The van der Waals surface area contributed by atoms with E-state index in [2.05, 4.69) is 0 Å². The smallest absolute Gasteiger partial charge is 0.306 e. The van der Waals surface area contributed by atoms with Crippen LogP contribution in [0.2, 0.25) is 0 Å². The summed E-state index contributed by atoms with van der Waals surface area (Å²) >= 11 is 0. The molecule has 0 spiro atoms. The summed E-state index contributed by atoms with van der Waals surface area (Å²) in [6, 6.07) is 3.38. The maximum absolute atomic E-state index is 11.0. The molecular weight excluding hydrogens is 200 g/mol. The molecule has 1 aromatic heterocycles. The van der Waals surface area contributed by atoms with Gasteiger partial charge in [0.15, 0.2) is 0 Å². The molecule has 0 amide bonds. The number of hydrogen-bond acceptors (Lipinski definition) is 5. The fourth-order valence-electron chi connectivity index (χ4n) is 0.996. The van der Waals surface area contributed by atoms with Gasteiger partial charge in [-0.3, -0.25) is 4.79 Å². The van der Waals surface area contributed by atoms with E-state index in [1.54, 1.807) is 12.1 Å². The van der Waals surface area contributed by atoms with Crippen LogP contribution in [0.4, 0.5) is 0 Å². The second kappa shape index (κ2) is 5.85. The number of rotatable bonds is 6. The number of aliphatic carboxylic acids is 1. The Bertz CT molecular complexity index is 315. The van der Waals surface area contributed by atoms with Crippen LogP contribution in [-0.2, 0) is 20.9 Å². The van der Waals surface area contributed by atoms with Gasteiger partial charge in [-0.25, -0.2) is 0 Å². The predicted molar refractivity (Wildman–Crippen MR) is 47.4 cm³/mol. The SMILES string of the molecule is O=C([O-])CCCC(=O)OCc1ccco1. The molecule has 0 unspecified atom stereocenters. The normalized spacial score (nSPS) is 9.87. The van der Waals surface area contributed by atoms with E-state index in [1.807, 2.05) is 0 Å². The highest BCUT2D eigenvalue weighted by Gasteiger charge is 2.04. The predicted octanol–water partition coefficient (Wildman–Crippen LogP) is 0.243. The average molecular weight is 211 g/mol. The molecule has 0 bridgehead atoms. The van der Waals surface area contributed by atoms with E-state index in [4.69, 9.17) is 9.15 Å². The molecule has 1 rings (SSSR count). The minimum atomic E-state index is -1.16. The van der Waals surface area contributed by atoms with Crippen LogP contribution in [0.15, 0.2) is 22.8 Å². The summed E-state index contributed by atoms with van der Waals surface area (Å²) in [5.41, 5.74) is 0. The van der Waals surface area contributed by atoms with E-state index in [9.17, 15) is 14.7 Å². The lowest BCUT2D eigenvalue weighted by atomic mass is 10.2. The van der Waals surface area contributed by atoms with Crippen LogP contribution in [0.25, 0.3) is 0 Å². The maximum Gasteiger partial charge on any atom is 0.306 e. The van der Waals surface area contributed by atoms with Gasteiger partial charge < -0.3 is 19.1 Å². The van der Waals surface area contributed by atoms with Gasteiger partial charge in [0.1, 0.15) is 12.4 Å². The van der Waals surface area contributed by atoms with Gasteiger partial charge in [-0.05, 0) is 25.0 Å². The van der Waals surface area contributed by atoms with Crippen molar-refractivity contribution in [1.29, 1.82) is 0 Å². The van der Waals surface area contributed by atoms with Gasteiger partial charge in [0.25, 0.3) is 0 Å². The third-order valence-electron chi connectivity index (χ3n) is 1.72. The monoisotopic (exact) mass is 211 g/mol. The van der Waals surface area contributed by atoms with Crippen LogP contribution in [0.1, 0.15) is 25.0 Å². The van der Waals surface area contributed by atoms with Gasteiger partial charge in [-0.2, -0.15) is 0 Å². The number of hydrogen-bond donors (Lipinski definition) is 0. The zero-order chi connectivity index (χ0) is 11.1. The first-order chi connectivity index (χ1) is 7.18. The zero-order valence-electron chi connectivity index (χ0n) is 8.10. The summed E-state index contributed by atoms with van der Waals surface area (Å²) in [5.74, 6) is -1.04. The molecule has 1 aromatic rings. The number of carbonyl (C=O) groups is 2. The molecule has 82 valence electrons. The Morgan fingerprint density at radius 3 is 2.80 bits per heavy atom. The summed E-state index contributed by atoms with van der Waals surface area (Å²) in [6.45, 7) is 0.0805. The molecular formula is C10H11O5-. The molecule has 15 heavy (non-hydrogen) atoms. The molecule has 1 heterocycles. The van der Waals surface area contributed by atoms with Gasteiger partial charge in [0.2, 0.25) is 0 Å². The van der Waals surface area contributed by atoms with Crippen molar-refractivity contribution in [2.75, 3.05) is 0 Å². The minimum Gasteiger partial charge on any atom is -0.550 e. The third-order valence-corrected chi connectivity index (χ3v) is 1.72. The molecule has 0 fully saturated rings. The second-order valence-corrected chi connectivity index (χ2v) is 2.97. The Hall–Kier alpha value is -1.78. The summed E-state index contributed by atoms with van der Waals surface area (Å²) in [5, 5.41) is 10.0. The van der Waals surface area contributed by atoms with Gasteiger partial charge in [-0.15, -0.1) is 0 Å². The summed E-state index contributed by atoms with van der Waals surface area (Å²) in [6.07, 6.45) is 1.67. The fraction of sp³-hybridized carbons (Fsp3) is 0.400. The van der Waals surface area contributed by atoms with Crippen molar-refractivity contribution in [3.63, 3.8) is 0 Å². The van der Waals surface area contributed by atoms with Crippen LogP contribution in [0, 0.1) is 0 Å². The molecule has 0 aliphatic rings. The Balaban J connectivity index is 2.11. The zero-order valence-corrected chi connectivity index (χ0v) is 8.10. The maximum atomic E-state index is 11.0. The number of furan rings is 1. The van der Waals surface area contributed by atoms with E-state index in [-0.39, 0.29) is 25.9 Å². The van der Waals surface area contributed by atoms with Crippen molar-refractivity contribution in [2.45, 2.75) is 25.9 Å². The van der Waals surface area contributed by atoms with Crippen molar-refractivity contribution < 1.29 is 23.8 Å². The molecule has 0 saturated carbocycles. The molecule has 0 aliphatic heterocycles. The number of carbonyl (C=O) groups excluding carboxylic acids is 2. The van der Waals surface area contributed by atoms with Crippen molar-refractivity contribution in [1.82, 2.24) is 0 Å². The molecule has 0 atom stereocenters. The van der Waals surface area contributed by atoms with Crippen LogP contribution >= 0.6 is 0 Å². The Kier molecular flexibility index (Phi) is 4.40. The molecule has 0 aromatic carbocycles. The summed E-state index contributed by atoms with van der Waals surface area (Å²) in [7, 11) is 0. The molecule has 5 heteroatoms. The largest absolute Gasteiger partial charge is 0.550 e. The summed E-state index contributed by atoms with van der Waals surface area (Å²) in [4.78, 5) is 21.1. The number of esters is 1. The highest BCUT2D eigenvalue weighted by Crippen LogP contribution is 2.04. The van der Waals surface area contributed by atoms with Gasteiger partial charge >= 0.3 is 5.97 Å². The lowest BCUT2D eigenvalue weighted by molar-refractivity contribution is -0.305. The van der Waals surface area contributed by atoms with Crippen LogP contribution in [0.5, 0.6) is 0 Å². The second-order valence-electron chi connectivity index (χ2n) is 2.97. The first-order valence-corrected chi connectivity index (χ1v) is 4.56. The van der Waals surface area contributed by atoms with Crippen molar-refractivity contribution >= 4 is 11.9 Å². The molecule has 0 N–H and O–H groups in total. The Morgan fingerprint density at radius 2 is 2.20 bits per heavy atom. The number of carboxylic acid groups (broad SMARTS) is 1. The first kappa shape index (κ1) is 11.3. The minimum absolute atomic E-state index is 0.0781. The van der Waals surface area contributed by atoms with E-state index in [1.165, 1.54) is 6.26 Å². The van der Waals surface area contributed by atoms with Crippen molar-refractivity contribution in [3.05, 3.63) is 24.2 Å². The molecule has 0 aliphatic carbocycles. The van der Waals surface area contributed by atoms with E-state index in [0.717, 1.165) is 0 Å². The summed E-state index contributed by atoms with van der Waals surface area (Å²) < 4.78 is 9.77. The number of carboxylic acids is 1. The standard InChI is InChI=1S/C10H12O5/c11-9(12)4-1-5-10(13)15-7-8-3-2-6-14-8/h2-3,6H,1,4-5,7H2,(H,11,12)/p-1. The Morgan fingerprint density at radius 1 is 1.40 bits per heavy atom. The highest BCUT2D eigenvalue weighted by molar-refractivity contribution is 5.70. The highest BCUT2D eigenvalue weighted by atomic mass is 16.5. The van der Waals surface area contributed by atoms with Gasteiger partial charge in [0, 0.05) is 12.4 Å². The average Bonchev–Trinajstić information content (AvgIpc) is 2.66. The first-order valence-electron chi connectivity index (χ1n) is 4.56. The van der Waals surface area contributed by atoms with Crippen LogP contribution in [0.3, 0.4) is 0 Å². The quantitative estimate of drug-likeness (QED) is 0.630. The molecule has 0 saturated heterocycles. The molecule has 0 radical (unpaired) electrons. The lowest BCUT2D eigenvalue weighted by Gasteiger charge is -2.03. The number of ether oxygens (including phenoxy) is 1. The van der Waals surface area contributed by atoms with E-state index >= 15 is 0 Å².